The van der Waals surface area contributed by atoms with Crippen LogP contribution in [0.4, 0.5) is 13.2 Å². The van der Waals surface area contributed by atoms with Crippen molar-refractivity contribution in [2.45, 2.75) is 58.7 Å². The van der Waals surface area contributed by atoms with Crippen molar-refractivity contribution in [3.63, 3.8) is 0 Å². The first-order chi connectivity index (χ1) is 12.8. The molecule has 2 heterocycles. The van der Waals surface area contributed by atoms with Crippen LogP contribution < -0.4 is 0 Å². The molecule has 144 valence electrons. The number of rotatable bonds is 1. The van der Waals surface area contributed by atoms with E-state index in [0.29, 0.717) is 22.8 Å². The highest BCUT2D eigenvalue weighted by Crippen LogP contribution is 2.36. The molecule has 4 rings (SSSR count). The Morgan fingerprint density at radius 2 is 1.85 bits per heavy atom. The van der Waals surface area contributed by atoms with E-state index in [0.717, 1.165) is 60.4 Å². The Balaban J connectivity index is 1.98. The summed E-state index contributed by atoms with van der Waals surface area (Å²) in [5.41, 5.74) is 2.41. The van der Waals surface area contributed by atoms with Crippen LogP contribution in [0.25, 0.3) is 5.69 Å². The lowest BCUT2D eigenvalue weighted by Gasteiger charge is -2.24. The molecular weight excluding hydrogens is 355 g/mol. The van der Waals surface area contributed by atoms with E-state index in [-0.39, 0.29) is 12.5 Å². The normalized spacial score (nSPS) is 18.3. The summed E-state index contributed by atoms with van der Waals surface area (Å²) in [7, 11) is 0. The van der Waals surface area contributed by atoms with Crippen molar-refractivity contribution in [1.29, 1.82) is 0 Å². The first-order valence-electron chi connectivity index (χ1n) is 9.35. The summed E-state index contributed by atoms with van der Waals surface area (Å²) >= 11 is 0. The zero-order valence-corrected chi connectivity index (χ0v) is 15.4. The van der Waals surface area contributed by atoms with Gasteiger partial charge in [0.05, 0.1) is 22.5 Å². The van der Waals surface area contributed by atoms with Crippen molar-refractivity contribution in [3.8, 4) is 5.69 Å². The van der Waals surface area contributed by atoms with E-state index in [1.165, 1.54) is 6.07 Å². The summed E-state index contributed by atoms with van der Waals surface area (Å²) in [6.07, 6.45) is 0.333. The van der Waals surface area contributed by atoms with Crippen molar-refractivity contribution in [2.24, 2.45) is 5.92 Å². The standard InChI is InChI=1S/C20H22F3N3O/c1-12-13(2)26-17-9-8-15(20(21,22)23)10-16(17)19(14-6-4-3-5-7-14)25(27)11-18(26)24-12/h8-10,14H,3-7,11H2,1-2H3. The molecule has 0 unspecified atom stereocenters. The van der Waals surface area contributed by atoms with Gasteiger partial charge in [0.25, 0.3) is 0 Å². The van der Waals surface area contributed by atoms with E-state index >= 15 is 0 Å². The number of aryl methyl sites for hydroxylation is 1. The molecule has 0 N–H and O–H groups in total. The van der Waals surface area contributed by atoms with Gasteiger partial charge in [0.1, 0.15) is 0 Å². The maximum Gasteiger partial charge on any atom is 0.416 e. The average Bonchev–Trinajstić information content (AvgIpc) is 2.82. The van der Waals surface area contributed by atoms with Crippen molar-refractivity contribution < 1.29 is 17.9 Å². The SMILES string of the molecule is Cc1nc2n(c1C)-c1ccc(C(F)(F)F)cc1C(C1CCCCC1)=[N+]([O-])C2. The number of hydroxylamine groups is 1. The molecule has 1 aromatic carbocycles. The van der Waals surface area contributed by atoms with Crippen LogP contribution >= 0.6 is 0 Å². The van der Waals surface area contributed by atoms with Crippen LogP contribution in [0.2, 0.25) is 0 Å². The maximum atomic E-state index is 13.4. The number of benzene rings is 1. The molecule has 27 heavy (non-hydrogen) atoms. The molecule has 2 aromatic rings. The molecule has 1 fully saturated rings. The van der Waals surface area contributed by atoms with Crippen LogP contribution in [0.3, 0.4) is 0 Å². The molecule has 0 bridgehead atoms. The molecule has 1 aliphatic heterocycles. The van der Waals surface area contributed by atoms with Gasteiger partial charge in [-0.05, 0) is 44.9 Å². The molecular formula is C20H22F3N3O. The van der Waals surface area contributed by atoms with Gasteiger partial charge in [0.2, 0.25) is 6.54 Å². The van der Waals surface area contributed by atoms with Crippen LogP contribution in [0.5, 0.6) is 0 Å². The van der Waals surface area contributed by atoms with Gasteiger partial charge >= 0.3 is 6.18 Å². The highest BCUT2D eigenvalue weighted by Gasteiger charge is 2.37. The van der Waals surface area contributed by atoms with E-state index < -0.39 is 11.7 Å². The summed E-state index contributed by atoms with van der Waals surface area (Å²) in [5.74, 6) is 0.566. The van der Waals surface area contributed by atoms with Crippen molar-refractivity contribution in [2.75, 3.05) is 0 Å². The highest BCUT2D eigenvalue weighted by molar-refractivity contribution is 6.02. The first-order valence-corrected chi connectivity index (χ1v) is 9.35. The third-order valence-corrected chi connectivity index (χ3v) is 5.80. The first kappa shape index (κ1) is 18.1. The van der Waals surface area contributed by atoms with Gasteiger partial charge in [-0.1, -0.05) is 19.3 Å². The van der Waals surface area contributed by atoms with E-state index in [4.69, 9.17) is 0 Å². The molecule has 0 amide bonds. The number of fused-ring (bicyclic) bond motifs is 3. The molecule has 1 saturated carbocycles. The number of hydrogen-bond acceptors (Lipinski definition) is 2. The number of alkyl halides is 3. The van der Waals surface area contributed by atoms with Gasteiger partial charge in [-0.2, -0.15) is 13.2 Å². The zero-order valence-electron chi connectivity index (χ0n) is 15.4. The topological polar surface area (TPSA) is 43.9 Å². The number of nitrogens with zero attached hydrogens (tertiary/aromatic N) is 3. The number of aromatic nitrogens is 2. The molecule has 7 heteroatoms. The minimum atomic E-state index is -4.45. The second-order valence-electron chi connectivity index (χ2n) is 7.52. The predicted octanol–water partition coefficient (Wildman–Crippen LogP) is 4.90. The Bertz CT molecular complexity index is 921. The Morgan fingerprint density at radius 3 is 2.52 bits per heavy atom. The number of imidazole rings is 1. The number of hydrogen-bond donors (Lipinski definition) is 0. The summed E-state index contributed by atoms with van der Waals surface area (Å²) in [6.45, 7) is 3.78. The second kappa shape index (κ2) is 6.39. The maximum absolute atomic E-state index is 13.4. The fourth-order valence-electron chi connectivity index (χ4n) is 4.37. The van der Waals surface area contributed by atoms with Gasteiger partial charge in [0.15, 0.2) is 11.5 Å². The van der Waals surface area contributed by atoms with E-state index in [9.17, 15) is 18.4 Å². The van der Waals surface area contributed by atoms with Gasteiger partial charge < -0.3 is 5.21 Å². The van der Waals surface area contributed by atoms with Crippen LogP contribution in [-0.2, 0) is 12.7 Å². The third-order valence-electron chi connectivity index (χ3n) is 5.80. The lowest BCUT2D eigenvalue weighted by molar-refractivity contribution is -0.478. The molecule has 4 nitrogen and oxygen atoms in total. The largest absolute Gasteiger partial charge is 0.623 e. The Kier molecular flexibility index (Phi) is 4.28. The van der Waals surface area contributed by atoms with Crippen molar-refractivity contribution in [1.82, 2.24) is 9.55 Å². The summed E-state index contributed by atoms with van der Waals surface area (Å²) in [4.78, 5) is 4.50. The monoisotopic (exact) mass is 377 g/mol. The minimum absolute atomic E-state index is 0.00973. The molecule has 1 aromatic heterocycles. The quantitative estimate of drug-likeness (QED) is 0.524. The third kappa shape index (κ3) is 3.03. The minimum Gasteiger partial charge on any atom is -0.623 e. The Labute approximate surface area is 155 Å². The molecule has 1 aliphatic carbocycles. The van der Waals surface area contributed by atoms with E-state index in [1.54, 1.807) is 0 Å². The molecule has 0 atom stereocenters. The fourth-order valence-corrected chi connectivity index (χ4v) is 4.37. The summed E-state index contributed by atoms with van der Waals surface area (Å²) in [6, 6.07) is 3.72. The van der Waals surface area contributed by atoms with Crippen molar-refractivity contribution in [3.05, 3.63) is 51.7 Å². The van der Waals surface area contributed by atoms with Crippen LogP contribution in [0, 0.1) is 25.0 Å². The second-order valence-corrected chi connectivity index (χ2v) is 7.52. The lowest BCUT2D eigenvalue weighted by Crippen LogP contribution is -2.27. The van der Waals surface area contributed by atoms with E-state index in [2.05, 4.69) is 4.98 Å². The molecule has 0 radical (unpaired) electrons. The van der Waals surface area contributed by atoms with E-state index in [1.807, 2.05) is 18.4 Å². The highest BCUT2D eigenvalue weighted by atomic mass is 19.4. The predicted molar refractivity (Wildman–Crippen MR) is 96.1 cm³/mol. The molecule has 2 aliphatic rings. The Hall–Kier alpha value is -2.31. The van der Waals surface area contributed by atoms with Gasteiger partial charge in [-0.3, -0.25) is 4.57 Å². The van der Waals surface area contributed by atoms with Gasteiger partial charge in [-0.15, -0.1) is 0 Å². The van der Waals surface area contributed by atoms with Gasteiger partial charge in [0, 0.05) is 11.6 Å². The lowest BCUT2D eigenvalue weighted by atomic mass is 9.82. The summed E-state index contributed by atoms with van der Waals surface area (Å²) in [5, 5.41) is 13.1. The van der Waals surface area contributed by atoms with Gasteiger partial charge in [-0.25, -0.2) is 9.72 Å². The average molecular weight is 377 g/mol. The van der Waals surface area contributed by atoms with Crippen LogP contribution in [0.15, 0.2) is 18.2 Å². The molecule has 0 spiro atoms. The number of halogens is 3. The Morgan fingerprint density at radius 1 is 1.15 bits per heavy atom. The molecule has 0 saturated heterocycles. The van der Waals surface area contributed by atoms with Crippen LogP contribution in [0.1, 0.15) is 60.4 Å². The van der Waals surface area contributed by atoms with Crippen molar-refractivity contribution >= 4 is 5.71 Å². The fraction of sp³-hybridized carbons (Fsp3) is 0.500. The smallest absolute Gasteiger partial charge is 0.416 e. The summed E-state index contributed by atoms with van der Waals surface area (Å²) < 4.78 is 42.9. The van der Waals surface area contributed by atoms with Crippen LogP contribution in [-0.4, -0.2) is 20.0 Å². The zero-order chi connectivity index (χ0) is 19.3.